The lowest BCUT2D eigenvalue weighted by molar-refractivity contribution is 0.212. The molecule has 1 fully saturated rings. The van der Waals surface area contributed by atoms with E-state index >= 15 is 0 Å². The van der Waals surface area contributed by atoms with Gasteiger partial charge in [0, 0.05) is 6.04 Å². The maximum Gasteiger partial charge on any atom is 0.0605 e. The summed E-state index contributed by atoms with van der Waals surface area (Å²) in [6.45, 7) is 0.946. The summed E-state index contributed by atoms with van der Waals surface area (Å²) in [6.07, 6.45) is 14.5. The highest BCUT2D eigenvalue weighted by molar-refractivity contribution is 5.29. The van der Waals surface area contributed by atoms with Gasteiger partial charge in [-0.2, -0.15) is 0 Å². The number of hydrogen-bond donors (Lipinski definition) is 0. The van der Waals surface area contributed by atoms with Gasteiger partial charge in [-0.3, -0.25) is 4.90 Å². The van der Waals surface area contributed by atoms with Gasteiger partial charge in [0.25, 0.3) is 0 Å². The highest BCUT2D eigenvalue weighted by atomic mass is 15.1. The molecule has 0 N–H and O–H groups in total. The molecule has 0 amide bonds. The van der Waals surface area contributed by atoms with Crippen molar-refractivity contribution in [1.82, 2.24) is 4.90 Å². The molecule has 0 aromatic heterocycles. The van der Waals surface area contributed by atoms with Crippen molar-refractivity contribution in [2.75, 3.05) is 13.6 Å². The van der Waals surface area contributed by atoms with Crippen LogP contribution in [0.4, 0.5) is 0 Å². The molecular formula is C16H25N. The first kappa shape index (κ1) is 12.7. The second-order valence-corrected chi connectivity index (χ2v) is 5.48. The third-order valence-corrected chi connectivity index (χ3v) is 4.07. The lowest BCUT2D eigenvalue weighted by Crippen LogP contribution is -2.33. The van der Waals surface area contributed by atoms with Crippen LogP contribution in [-0.4, -0.2) is 24.5 Å². The van der Waals surface area contributed by atoms with Gasteiger partial charge < -0.3 is 0 Å². The normalized spacial score (nSPS) is 21.9. The van der Waals surface area contributed by atoms with Crippen LogP contribution in [0.15, 0.2) is 11.6 Å². The number of allylic oxidation sites excluding steroid dienone is 2. The van der Waals surface area contributed by atoms with Gasteiger partial charge in [0.15, 0.2) is 0 Å². The zero-order valence-corrected chi connectivity index (χ0v) is 11.2. The maximum atomic E-state index is 3.36. The van der Waals surface area contributed by atoms with Gasteiger partial charge in [-0.05, 0) is 51.1 Å². The molecule has 0 heterocycles. The van der Waals surface area contributed by atoms with Crippen molar-refractivity contribution in [3.05, 3.63) is 11.6 Å². The van der Waals surface area contributed by atoms with Crippen LogP contribution >= 0.6 is 0 Å². The summed E-state index contributed by atoms with van der Waals surface area (Å²) in [4.78, 5) is 2.45. The number of rotatable bonds is 2. The molecule has 1 saturated carbocycles. The molecule has 0 bridgehead atoms. The van der Waals surface area contributed by atoms with Crippen LogP contribution in [-0.2, 0) is 0 Å². The number of hydrogen-bond acceptors (Lipinski definition) is 1. The fourth-order valence-corrected chi connectivity index (χ4v) is 2.88. The van der Waals surface area contributed by atoms with Crippen LogP contribution < -0.4 is 0 Å². The van der Waals surface area contributed by atoms with E-state index in [4.69, 9.17) is 0 Å². The Kier molecular flexibility index (Phi) is 5.13. The summed E-state index contributed by atoms with van der Waals surface area (Å²) in [6, 6.07) is 0.790. The first-order valence-electron chi connectivity index (χ1n) is 7.24. The van der Waals surface area contributed by atoms with Crippen LogP contribution in [0.1, 0.15) is 57.8 Å². The summed E-state index contributed by atoms with van der Waals surface area (Å²) in [5.41, 5.74) is 1.38. The predicted molar refractivity (Wildman–Crippen MR) is 73.8 cm³/mol. The van der Waals surface area contributed by atoms with Gasteiger partial charge in [-0.15, -0.1) is 0 Å². The smallest absolute Gasteiger partial charge is 0.0605 e. The molecule has 0 saturated heterocycles. The Labute approximate surface area is 106 Å². The summed E-state index contributed by atoms with van der Waals surface area (Å²) >= 11 is 0. The molecule has 0 unspecified atom stereocenters. The Hall–Kier alpha value is -0.740. The van der Waals surface area contributed by atoms with Crippen LogP contribution in [0.3, 0.4) is 0 Å². The fourth-order valence-electron chi connectivity index (χ4n) is 2.88. The molecule has 0 atom stereocenters. The maximum absolute atomic E-state index is 3.36. The quantitative estimate of drug-likeness (QED) is 0.654. The van der Waals surface area contributed by atoms with Crippen LogP contribution in [0, 0.1) is 11.8 Å². The van der Waals surface area contributed by atoms with Gasteiger partial charge in [0.1, 0.15) is 0 Å². The topological polar surface area (TPSA) is 3.24 Å². The minimum atomic E-state index is 0.790. The van der Waals surface area contributed by atoms with E-state index in [2.05, 4.69) is 29.9 Å². The largest absolute Gasteiger partial charge is 0.292 e. The standard InChI is InChI=1S/C16H25N/c1-17(16-12-6-3-7-13-16)14-8-11-15-9-4-2-5-10-15/h9,16H,2-7,10,12-14H2,1H3. The average Bonchev–Trinajstić information content (AvgIpc) is 2.41. The van der Waals surface area contributed by atoms with Gasteiger partial charge in [0.05, 0.1) is 6.54 Å². The van der Waals surface area contributed by atoms with Crippen molar-refractivity contribution in [2.24, 2.45) is 0 Å². The van der Waals surface area contributed by atoms with Crippen molar-refractivity contribution in [1.29, 1.82) is 0 Å². The lowest BCUT2D eigenvalue weighted by Gasteiger charge is -2.29. The molecule has 2 aliphatic carbocycles. The van der Waals surface area contributed by atoms with Crippen molar-refractivity contribution in [3.8, 4) is 11.8 Å². The first-order valence-corrected chi connectivity index (χ1v) is 7.24. The van der Waals surface area contributed by atoms with E-state index in [0.717, 1.165) is 12.6 Å². The summed E-state index contributed by atoms with van der Waals surface area (Å²) in [7, 11) is 2.24. The third kappa shape index (κ3) is 4.21. The van der Waals surface area contributed by atoms with Gasteiger partial charge in [0.2, 0.25) is 0 Å². The molecule has 0 spiro atoms. The second kappa shape index (κ2) is 6.87. The Morgan fingerprint density at radius 2 is 2.00 bits per heavy atom. The highest BCUT2D eigenvalue weighted by Gasteiger charge is 2.16. The molecule has 17 heavy (non-hydrogen) atoms. The van der Waals surface area contributed by atoms with E-state index in [-0.39, 0.29) is 0 Å². The molecule has 0 aromatic carbocycles. The van der Waals surface area contributed by atoms with Gasteiger partial charge in [-0.25, -0.2) is 0 Å². The van der Waals surface area contributed by atoms with E-state index < -0.39 is 0 Å². The Morgan fingerprint density at radius 1 is 1.18 bits per heavy atom. The zero-order chi connectivity index (χ0) is 11.9. The molecule has 1 nitrogen and oxygen atoms in total. The van der Waals surface area contributed by atoms with E-state index in [1.807, 2.05) is 0 Å². The van der Waals surface area contributed by atoms with E-state index in [1.54, 1.807) is 0 Å². The molecule has 94 valence electrons. The molecule has 2 rings (SSSR count). The molecular weight excluding hydrogens is 206 g/mol. The second-order valence-electron chi connectivity index (χ2n) is 5.48. The predicted octanol–water partition coefficient (Wildman–Crippen LogP) is 3.75. The summed E-state index contributed by atoms with van der Waals surface area (Å²) < 4.78 is 0. The fraction of sp³-hybridized carbons (Fsp3) is 0.750. The SMILES string of the molecule is CN(CC#CC1=CCCCC1)C1CCCCC1. The lowest BCUT2D eigenvalue weighted by atomic mass is 9.94. The third-order valence-electron chi connectivity index (χ3n) is 4.07. The van der Waals surface area contributed by atoms with Crippen molar-refractivity contribution >= 4 is 0 Å². The van der Waals surface area contributed by atoms with E-state index in [0.29, 0.717) is 0 Å². The Bertz CT molecular complexity index is 312. The van der Waals surface area contributed by atoms with Gasteiger partial charge >= 0.3 is 0 Å². The number of nitrogens with zero attached hydrogens (tertiary/aromatic N) is 1. The summed E-state index contributed by atoms with van der Waals surface area (Å²) in [5, 5.41) is 0. The van der Waals surface area contributed by atoms with E-state index in [1.165, 1.54) is 63.4 Å². The minimum absolute atomic E-state index is 0.790. The molecule has 2 aliphatic rings. The molecule has 0 aromatic rings. The summed E-state index contributed by atoms with van der Waals surface area (Å²) in [5.74, 6) is 6.72. The Morgan fingerprint density at radius 3 is 2.71 bits per heavy atom. The first-order chi connectivity index (χ1) is 8.36. The Balaban J connectivity index is 1.76. The highest BCUT2D eigenvalue weighted by Crippen LogP contribution is 2.21. The van der Waals surface area contributed by atoms with Crippen LogP contribution in [0.5, 0.6) is 0 Å². The van der Waals surface area contributed by atoms with Crippen molar-refractivity contribution < 1.29 is 0 Å². The van der Waals surface area contributed by atoms with Gasteiger partial charge in [-0.1, -0.05) is 37.2 Å². The minimum Gasteiger partial charge on any atom is -0.292 e. The van der Waals surface area contributed by atoms with Crippen molar-refractivity contribution in [3.63, 3.8) is 0 Å². The monoisotopic (exact) mass is 231 g/mol. The van der Waals surface area contributed by atoms with Crippen LogP contribution in [0.25, 0.3) is 0 Å². The molecule has 1 heteroatoms. The van der Waals surface area contributed by atoms with Crippen molar-refractivity contribution in [2.45, 2.75) is 63.8 Å². The van der Waals surface area contributed by atoms with E-state index in [9.17, 15) is 0 Å². The molecule has 0 aliphatic heterocycles. The zero-order valence-electron chi connectivity index (χ0n) is 11.2. The van der Waals surface area contributed by atoms with Crippen LogP contribution in [0.2, 0.25) is 0 Å². The molecule has 0 radical (unpaired) electrons. The average molecular weight is 231 g/mol.